The van der Waals surface area contributed by atoms with Crippen molar-refractivity contribution < 1.29 is 37.2 Å². The van der Waals surface area contributed by atoms with Crippen LogP contribution < -0.4 is 23.7 Å². The van der Waals surface area contributed by atoms with Crippen LogP contribution in [0.15, 0.2) is 88.7 Å². The van der Waals surface area contributed by atoms with E-state index in [2.05, 4.69) is 0 Å². The second-order valence-electron chi connectivity index (χ2n) is 7.83. The Balaban J connectivity index is 1.69. The molecule has 1 N–H and O–H groups in total. The van der Waals surface area contributed by atoms with Gasteiger partial charge in [-0.25, -0.2) is 8.42 Å². The first-order valence-electron chi connectivity index (χ1n) is 11.1. The van der Waals surface area contributed by atoms with E-state index in [1.54, 1.807) is 66.7 Å². The largest absolute Gasteiger partial charge is 0.502 e. The maximum absolute atomic E-state index is 12.9. The third-order valence-corrected chi connectivity index (χ3v) is 7.47. The van der Waals surface area contributed by atoms with Crippen molar-refractivity contribution in [3.8, 4) is 51.4 Å². The zero-order chi connectivity index (χ0) is 26.6. The van der Waals surface area contributed by atoms with Crippen molar-refractivity contribution in [2.45, 2.75) is 9.79 Å². The summed E-state index contributed by atoms with van der Waals surface area (Å²) in [5.41, 5.74) is 1.38. The van der Waals surface area contributed by atoms with Crippen molar-refractivity contribution in [2.75, 3.05) is 28.4 Å². The van der Waals surface area contributed by atoms with E-state index in [0.29, 0.717) is 34.1 Å². The Labute approximate surface area is 215 Å². The average Bonchev–Trinajstić information content (AvgIpc) is 2.94. The summed E-state index contributed by atoms with van der Waals surface area (Å²) in [6, 6.07) is 21.2. The summed E-state index contributed by atoms with van der Waals surface area (Å²) >= 11 is 0. The van der Waals surface area contributed by atoms with E-state index in [-0.39, 0.29) is 27.0 Å². The number of rotatable bonds is 9. The summed E-state index contributed by atoms with van der Waals surface area (Å²) in [5, 5.41) is 10.2. The topological polar surface area (TPSA) is 101 Å². The molecule has 0 atom stereocenters. The molecule has 4 aromatic carbocycles. The summed E-state index contributed by atoms with van der Waals surface area (Å²) in [6.45, 7) is 0. The molecule has 37 heavy (non-hydrogen) atoms. The fourth-order valence-electron chi connectivity index (χ4n) is 3.75. The Bertz CT molecular complexity index is 1450. The molecule has 0 bridgehead atoms. The number of aromatic hydroxyl groups is 1. The molecule has 0 aliphatic rings. The van der Waals surface area contributed by atoms with Gasteiger partial charge in [0.2, 0.25) is 21.3 Å². The molecule has 0 radical (unpaired) electrons. The van der Waals surface area contributed by atoms with E-state index in [1.807, 2.05) is 0 Å². The maximum Gasteiger partial charge on any atom is 0.211 e. The van der Waals surface area contributed by atoms with Crippen LogP contribution in [0.25, 0.3) is 11.1 Å². The monoisotopic (exact) mass is 522 g/mol. The predicted molar refractivity (Wildman–Crippen MR) is 138 cm³/mol. The molecular formula is C28H26O8S. The van der Waals surface area contributed by atoms with E-state index in [1.165, 1.54) is 40.6 Å². The molecule has 0 saturated carbocycles. The summed E-state index contributed by atoms with van der Waals surface area (Å²) in [7, 11) is 2.25. The molecule has 0 amide bonds. The molecule has 0 aliphatic carbocycles. The number of sulfone groups is 1. The second kappa shape index (κ2) is 10.7. The van der Waals surface area contributed by atoms with Gasteiger partial charge >= 0.3 is 0 Å². The quantitative estimate of drug-likeness (QED) is 0.298. The SMILES string of the molecule is COc1cc(-c2cc(OC)c(Oc3ccc(S(=O)(=O)c4ccccc4)cc3)c(OC)c2)cc(OC)c1O. The number of ether oxygens (including phenoxy) is 5. The summed E-state index contributed by atoms with van der Waals surface area (Å²) < 4.78 is 53.5. The Morgan fingerprint density at radius 3 is 1.49 bits per heavy atom. The number of hydrogen-bond donors (Lipinski definition) is 1. The zero-order valence-electron chi connectivity index (χ0n) is 20.7. The lowest BCUT2D eigenvalue weighted by Crippen LogP contribution is -2.01. The van der Waals surface area contributed by atoms with Crippen molar-refractivity contribution in [2.24, 2.45) is 0 Å². The standard InChI is InChI=1S/C28H26O8S/c1-32-23-14-18(15-24(33-2)27(23)29)19-16-25(34-3)28(26(17-19)35-4)36-20-10-12-22(13-11-20)37(30,31)21-8-6-5-7-9-21/h5-17,29H,1-4H3. The first kappa shape index (κ1) is 25.7. The van der Waals surface area contributed by atoms with Crippen LogP contribution in [-0.4, -0.2) is 42.0 Å². The molecule has 0 aliphatic heterocycles. The van der Waals surface area contributed by atoms with Gasteiger partial charge in [0.25, 0.3) is 0 Å². The van der Waals surface area contributed by atoms with E-state index in [9.17, 15) is 13.5 Å². The number of benzene rings is 4. The molecule has 4 aromatic rings. The van der Waals surface area contributed by atoms with Crippen molar-refractivity contribution in [1.29, 1.82) is 0 Å². The van der Waals surface area contributed by atoms with Gasteiger partial charge in [0.05, 0.1) is 38.2 Å². The van der Waals surface area contributed by atoms with Crippen LogP contribution in [0.1, 0.15) is 0 Å². The van der Waals surface area contributed by atoms with Gasteiger partial charge < -0.3 is 28.8 Å². The third-order valence-electron chi connectivity index (χ3n) is 5.68. The molecular weight excluding hydrogens is 496 g/mol. The highest BCUT2D eigenvalue weighted by Gasteiger charge is 2.20. The molecule has 0 spiro atoms. The lowest BCUT2D eigenvalue weighted by molar-refractivity contribution is 0.340. The fourth-order valence-corrected chi connectivity index (χ4v) is 5.03. The molecule has 0 unspecified atom stereocenters. The van der Waals surface area contributed by atoms with Crippen LogP contribution >= 0.6 is 0 Å². The van der Waals surface area contributed by atoms with Gasteiger partial charge in [0, 0.05) is 0 Å². The van der Waals surface area contributed by atoms with Crippen LogP contribution in [-0.2, 0) is 9.84 Å². The normalized spacial score (nSPS) is 11.0. The molecule has 8 nitrogen and oxygen atoms in total. The molecule has 0 saturated heterocycles. The number of hydrogen-bond acceptors (Lipinski definition) is 8. The van der Waals surface area contributed by atoms with Crippen molar-refractivity contribution in [1.82, 2.24) is 0 Å². The maximum atomic E-state index is 12.9. The Hall–Kier alpha value is -4.37. The highest BCUT2D eigenvalue weighted by atomic mass is 32.2. The first-order chi connectivity index (χ1) is 17.8. The summed E-state index contributed by atoms with van der Waals surface area (Å²) in [6.07, 6.45) is 0. The van der Waals surface area contributed by atoms with Crippen molar-refractivity contribution in [3.05, 3.63) is 78.9 Å². The van der Waals surface area contributed by atoms with E-state index in [0.717, 1.165) is 0 Å². The van der Waals surface area contributed by atoms with Gasteiger partial charge in [-0.3, -0.25) is 0 Å². The summed E-state index contributed by atoms with van der Waals surface area (Å²) in [4.78, 5) is 0.362. The highest BCUT2D eigenvalue weighted by molar-refractivity contribution is 7.91. The Morgan fingerprint density at radius 1 is 0.595 bits per heavy atom. The smallest absolute Gasteiger partial charge is 0.211 e. The van der Waals surface area contributed by atoms with Gasteiger partial charge in [-0.2, -0.15) is 0 Å². The van der Waals surface area contributed by atoms with Crippen LogP contribution in [0.5, 0.6) is 40.2 Å². The highest BCUT2D eigenvalue weighted by Crippen LogP contribution is 2.46. The van der Waals surface area contributed by atoms with Gasteiger partial charge in [-0.05, 0) is 71.8 Å². The van der Waals surface area contributed by atoms with E-state index < -0.39 is 9.84 Å². The fraction of sp³-hybridized carbons (Fsp3) is 0.143. The van der Waals surface area contributed by atoms with Crippen LogP contribution in [0.4, 0.5) is 0 Å². The molecule has 192 valence electrons. The third kappa shape index (κ3) is 5.12. The minimum Gasteiger partial charge on any atom is -0.502 e. The second-order valence-corrected chi connectivity index (χ2v) is 9.78. The first-order valence-corrected chi connectivity index (χ1v) is 12.6. The van der Waals surface area contributed by atoms with Crippen LogP contribution in [0.2, 0.25) is 0 Å². The average molecular weight is 523 g/mol. The molecule has 0 heterocycles. The van der Waals surface area contributed by atoms with Gasteiger partial charge in [0.15, 0.2) is 23.0 Å². The lowest BCUT2D eigenvalue weighted by Gasteiger charge is -2.17. The number of phenols is 1. The molecule has 0 fully saturated rings. The minimum atomic E-state index is -3.65. The Morgan fingerprint density at radius 2 is 1.03 bits per heavy atom. The lowest BCUT2D eigenvalue weighted by atomic mass is 10.0. The van der Waals surface area contributed by atoms with Crippen molar-refractivity contribution in [3.63, 3.8) is 0 Å². The molecule has 4 rings (SSSR count). The summed E-state index contributed by atoms with van der Waals surface area (Å²) in [5.74, 6) is 1.85. The predicted octanol–water partition coefficient (Wildman–Crippen LogP) is 5.72. The Kier molecular flexibility index (Phi) is 7.45. The number of phenolic OH excluding ortho intramolecular Hbond substituents is 1. The minimum absolute atomic E-state index is 0.106. The van der Waals surface area contributed by atoms with Crippen LogP contribution in [0.3, 0.4) is 0 Å². The van der Waals surface area contributed by atoms with E-state index in [4.69, 9.17) is 23.7 Å². The van der Waals surface area contributed by atoms with E-state index >= 15 is 0 Å². The van der Waals surface area contributed by atoms with Gasteiger partial charge in [-0.15, -0.1) is 0 Å². The van der Waals surface area contributed by atoms with Crippen LogP contribution in [0, 0.1) is 0 Å². The van der Waals surface area contributed by atoms with Gasteiger partial charge in [0.1, 0.15) is 5.75 Å². The molecule has 0 aromatic heterocycles. The zero-order valence-corrected chi connectivity index (χ0v) is 21.5. The van der Waals surface area contributed by atoms with Crippen molar-refractivity contribution >= 4 is 9.84 Å². The molecule has 9 heteroatoms. The van der Waals surface area contributed by atoms with Gasteiger partial charge in [-0.1, -0.05) is 18.2 Å². The number of methoxy groups -OCH3 is 4.